The summed E-state index contributed by atoms with van der Waals surface area (Å²) in [5, 5.41) is 6.94. The maximum atomic E-state index is 14.3. The number of carbonyl (C=O) groups is 2. The second-order valence-electron chi connectivity index (χ2n) is 25.1. The van der Waals surface area contributed by atoms with Gasteiger partial charge in [-0.2, -0.15) is 0 Å². The Labute approximate surface area is 506 Å². The summed E-state index contributed by atoms with van der Waals surface area (Å²) in [7, 11) is 0. The molecule has 0 aromatic carbocycles. The number of aryl methyl sites for hydroxylation is 2. The molecule has 0 fully saturated rings. The number of hydrogen-bond acceptors (Lipinski definition) is 8. The Kier molecular flexibility index (Phi) is 32.6. The Morgan fingerprint density at radius 1 is 0.362 bits per heavy atom. The van der Waals surface area contributed by atoms with E-state index in [9.17, 15) is 9.59 Å². The topological polar surface area (TPSA) is 58.2 Å². The van der Waals surface area contributed by atoms with Crippen molar-refractivity contribution >= 4 is 56.9 Å². The number of hydrogen-bond donors (Lipinski definition) is 2. The molecule has 4 aromatic rings. The van der Waals surface area contributed by atoms with E-state index in [0.29, 0.717) is 23.2 Å². The minimum Gasteiger partial charge on any atom is -0.366 e. The van der Waals surface area contributed by atoms with Crippen molar-refractivity contribution in [2.45, 2.75) is 323 Å². The summed E-state index contributed by atoms with van der Waals surface area (Å²) >= 11 is 7.31. The lowest BCUT2D eigenvalue weighted by molar-refractivity contribution is -0.117. The number of nitrogens with one attached hydrogen (secondary N) is 2. The van der Waals surface area contributed by atoms with Crippen LogP contribution in [0.25, 0.3) is 19.5 Å². The molecule has 0 radical (unpaired) electrons. The van der Waals surface area contributed by atoms with E-state index in [0.717, 1.165) is 22.6 Å². The lowest BCUT2D eigenvalue weighted by atomic mass is 9.88. The highest BCUT2D eigenvalue weighted by atomic mass is 32.1. The highest BCUT2D eigenvalue weighted by molar-refractivity contribution is 7.23. The van der Waals surface area contributed by atoms with Crippen LogP contribution in [-0.4, -0.2) is 11.6 Å². The SMILES string of the molecule is CCCCCCCCCCCCC(CCCCCCCCCC)Cc1cc(C)sc1-c1ccc(C2NC3=C(NC(c4ccc(-c5sc(C)cc5CC(CCCCCCCCCC)CCCCCCCCCCCC)s4)C3=O)C2=O)s1. The molecule has 0 spiro atoms. The van der Waals surface area contributed by atoms with Gasteiger partial charge in [-0.25, -0.2) is 0 Å². The van der Waals surface area contributed by atoms with Crippen LogP contribution in [0.2, 0.25) is 0 Å². The Morgan fingerprint density at radius 2 is 0.625 bits per heavy atom. The predicted octanol–water partition coefficient (Wildman–Crippen LogP) is 24.2. The molecule has 4 unspecified atom stereocenters. The summed E-state index contributed by atoms with van der Waals surface area (Å²) in [4.78, 5) is 38.7. The fraction of sp³-hybridized carbons (Fsp3) is 0.722. The third kappa shape index (κ3) is 22.8. The Balaban J connectivity index is 1.03. The summed E-state index contributed by atoms with van der Waals surface area (Å²) < 4.78 is 0. The van der Waals surface area contributed by atoms with Crippen molar-refractivity contribution in [3.05, 3.63) is 78.4 Å². The van der Waals surface area contributed by atoms with Crippen molar-refractivity contribution in [3.8, 4) is 19.5 Å². The van der Waals surface area contributed by atoms with Gasteiger partial charge >= 0.3 is 0 Å². The largest absolute Gasteiger partial charge is 0.366 e. The minimum atomic E-state index is -0.527. The summed E-state index contributed by atoms with van der Waals surface area (Å²) in [6.07, 6.45) is 57.3. The second-order valence-corrected chi connectivity index (χ2v) is 29.8. The Morgan fingerprint density at radius 3 is 0.900 bits per heavy atom. The Hall–Kier alpha value is -2.52. The molecular formula is C72H114N2O2S4. The lowest BCUT2D eigenvalue weighted by Crippen LogP contribution is -2.30. The van der Waals surface area contributed by atoms with Crippen LogP contribution in [0.4, 0.5) is 0 Å². The van der Waals surface area contributed by atoms with E-state index >= 15 is 0 Å². The van der Waals surface area contributed by atoms with E-state index in [1.54, 1.807) is 22.7 Å². The first kappa shape index (κ1) is 66.6. The standard InChI is InChI=1S/C72H114N2O2S4/c1-7-11-15-19-23-27-29-33-37-41-45-57(43-39-35-31-25-21-17-13-9-3)53-59-51-55(5)77-71(59)63-49-47-61(79-63)65-69(75)67-68(73-65)70(76)66(74-67)62-48-50-64(80-62)72-60(52-56(6)78-72)54-58(44-40-36-32-26-22-18-14-10-4)46-42-38-34-30-28-24-20-16-12-8-2/h47-52,57-58,65-66,73-74H,7-46,53-54H2,1-6H3. The molecule has 4 atom stereocenters. The highest BCUT2D eigenvalue weighted by Crippen LogP contribution is 2.46. The Bertz CT molecular complexity index is 2180. The first-order chi connectivity index (χ1) is 39.2. The number of unbranched alkanes of at least 4 members (excludes halogenated alkanes) is 32. The van der Waals surface area contributed by atoms with Crippen LogP contribution >= 0.6 is 45.3 Å². The zero-order valence-corrected chi connectivity index (χ0v) is 55.2. The molecule has 0 saturated heterocycles. The fourth-order valence-corrected chi connectivity index (χ4v) is 17.5. The number of ketones is 2. The summed E-state index contributed by atoms with van der Waals surface area (Å²) in [5.41, 5.74) is 3.93. The van der Waals surface area contributed by atoms with Gasteiger partial charge in [-0.15, -0.1) is 45.3 Å². The van der Waals surface area contributed by atoms with Crippen molar-refractivity contribution in [2.24, 2.45) is 11.8 Å². The van der Waals surface area contributed by atoms with Gasteiger partial charge in [0.05, 0.1) is 0 Å². The van der Waals surface area contributed by atoms with Crippen LogP contribution in [0, 0.1) is 25.7 Å². The molecule has 0 amide bonds. The van der Waals surface area contributed by atoms with Crippen LogP contribution in [0.15, 0.2) is 47.8 Å². The minimum absolute atomic E-state index is 0.00774. The molecule has 6 rings (SSSR count). The highest BCUT2D eigenvalue weighted by Gasteiger charge is 2.46. The van der Waals surface area contributed by atoms with Gasteiger partial charge in [0, 0.05) is 39.0 Å². The number of thiophene rings is 4. The molecule has 4 aromatic heterocycles. The first-order valence-electron chi connectivity index (χ1n) is 34.0. The van der Waals surface area contributed by atoms with E-state index in [2.05, 4.69) is 88.6 Å². The third-order valence-corrected chi connectivity index (χ3v) is 22.7. The normalized spacial score (nSPS) is 16.1. The molecule has 6 heterocycles. The molecule has 448 valence electrons. The maximum Gasteiger partial charge on any atom is 0.208 e. The maximum absolute atomic E-state index is 14.3. The van der Waals surface area contributed by atoms with E-state index < -0.39 is 12.1 Å². The van der Waals surface area contributed by atoms with Crippen molar-refractivity contribution < 1.29 is 9.59 Å². The summed E-state index contributed by atoms with van der Waals surface area (Å²) in [6, 6.07) is 12.6. The van der Waals surface area contributed by atoms with Gasteiger partial charge in [-0.3, -0.25) is 9.59 Å². The van der Waals surface area contributed by atoms with Gasteiger partial charge in [0.1, 0.15) is 23.5 Å². The molecule has 8 heteroatoms. The quantitative estimate of drug-likeness (QED) is 0.0433. The van der Waals surface area contributed by atoms with Crippen molar-refractivity contribution in [3.63, 3.8) is 0 Å². The van der Waals surface area contributed by atoms with Crippen molar-refractivity contribution in [1.82, 2.24) is 10.6 Å². The molecule has 0 bridgehead atoms. The molecule has 0 aliphatic carbocycles. The lowest BCUT2D eigenvalue weighted by Gasteiger charge is -2.18. The first-order valence-corrected chi connectivity index (χ1v) is 37.3. The van der Waals surface area contributed by atoms with Gasteiger partial charge in [-0.1, -0.05) is 285 Å². The average Bonchev–Trinajstić information content (AvgIpc) is 4.43. The van der Waals surface area contributed by atoms with Crippen molar-refractivity contribution in [1.29, 1.82) is 0 Å². The fourth-order valence-electron chi connectivity index (χ4n) is 13.0. The van der Waals surface area contributed by atoms with Crippen molar-refractivity contribution in [2.75, 3.05) is 0 Å². The second kappa shape index (κ2) is 39.2. The van der Waals surface area contributed by atoms with Crippen LogP contribution in [0.5, 0.6) is 0 Å². The van der Waals surface area contributed by atoms with Crippen LogP contribution in [0.1, 0.15) is 327 Å². The van der Waals surface area contributed by atoms with E-state index in [-0.39, 0.29) is 11.6 Å². The van der Waals surface area contributed by atoms with E-state index in [1.807, 2.05) is 22.7 Å². The molecule has 2 aliphatic rings. The van der Waals surface area contributed by atoms with Crippen LogP contribution in [-0.2, 0) is 22.4 Å². The summed E-state index contributed by atoms with van der Waals surface area (Å²) in [6.45, 7) is 13.8. The van der Waals surface area contributed by atoms with Gasteiger partial charge in [0.15, 0.2) is 0 Å². The smallest absolute Gasteiger partial charge is 0.208 e. The number of Topliss-reactive ketones (excluding diaryl/α,β-unsaturated/α-hetero) is 2. The molecule has 2 N–H and O–H groups in total. The zero-order chi connectivity index (χ0) is 56.6. The average molecular weight is 1170 g/mol. The molecule has 0 saturated carbocycles. The molecule has 80 heavy (non-hydrogen) atoms. The van der Waals surface area contributed by atoms with E-state index in [1.165, 1.54) is 297 Å². The third-order valence-electron chi connectivity index (χ3n) is 17.9. The van der Waals surface area contributed by atoms with Gasteiger partial charge in [-0.05, 0) is 86.1 Å². The van der Waals surface area contributed by atoms with Gasteiger partial charge < -0.3 is 10.6 Å². The molecule has 4 nitrogen and oxygen atoms in total. The summed E-state index contributed by atoms with van der Waals surface area (Å²) in [5.74, 6) is 1.42. The monoisotopic (exact) mass is 1170 g/mol. The van der Waals surface area contributed by atoms with Gasteiger partial charge in [0.2, 0.25) is 11.6 Å². The van der Waals surface area contributed by atoms with Crippen LogP contribution < -0.4 is 10.6 Å². The van der Waals surface area contributed by atoms with E-state index in [4.69, 9.17) is 0 Å². The van der Waals surface area contributed by atoms with Crippen LogP contribution in [0.3, 0.4) is 0 Å². The van der Waals surface area contributed by atoms with Gasteiger partial charge in [0.25, 0.3) is 0 Å². The molecule has 2 aliphatic heterocycles. The number of carbonyl (C=O) groups excluding carboxylic acids is 2. The molecular weight excluding hydrogens is 1050 g/mol. The predicted molar refractivity (Wildman–Crippen MR) is 355 cm³/mol. The number of rotatable bonds is 48. The zero-order valence-electron chi connectivity index (χ0n) is 51.9.